The van der Waals surface area contributed by atoms with Crippen molar-refractivity contribution in [1.29, 1.82) is 0 Å². The molecule has 2 aromatic carbocycles. The average molecular weight is 479 g/mol. The van der Waals surface area contributed by atoms with Crippen molar-refractivity contribution >= 4 is 55.0 Å². The molecule has 2 amide bonds. The number of hydrogen-bond acceptors (Lipinski definition) is 7. The number of hydrogen-bond donors (Lipinski definition) is 2. The highest BCUT2D eigenvalue weighted by molar-refractivity contribution is 7.22. The van der Waals surface area contributed by atoms with Gasteiger partial charge in [0.2, 0.25) is 5.91 Å². The summed E-state index contributed by atoms with van der Waals surface area (Å²) >= 11 is 2.91. The van der Waals surface area contributed by atoms with Gasteiger partial charge in [0, 0.05) is 10.4 Å². The maximum Gasteiger partial charge on any atom is 0.257 e. The van der Waals surface area contributed by atoms with E-state index in [1.807, 2.05) is 19.1 Å². The van der Waals surface area contributed by atoms with Crippen LogP contribution in [0.1, 0.15) is 45.3 Å². The van der Waals surface area contributed by atoms with Crippen LogP contribution in [0.25, 0.3) is 10.2 Å². The van der Waals surface area contributed by atoms with Gasteiger partial charge in [-0.3, -0.25) is 14.9 Å². The van der Waals surface area contributed by atoms with Gasteiger partial charge in [0.05, 0.1) is 28.9 Å². The molecule has 1 unspecified atom stereocenters. The molecule has 0 spiro atoms. The zero-order chi connectivity index (χ0) is 22.9. The fraction of sp³-hybridized carbons (Fsp3) is 0.250. The predicted molar refractivity (Wildman–Crippen MR) is 132 cm³/mol. The number of amides is 2. The topological polar surface area (TPSA) is 93.2 Å². The Morgan fingerprint density at radius 1 is 1.03 bits per heavy atom. The van der Waals surface area contributed by atoms with Crippen LogP contribution in [0.3, 0.4) is 0 Å². The highest BCUT2D eigenvalue weighted by Gasteiger charge is 2.31. The number of thiazole rings is 2. The van der Waals surface area contributed by atoms with E-state index in [1.54, 1.807) is 31.4 Å². The number of benzene rings is 2. The molecule has 1 atom stereocenters. The Labute approximate surface area is 198 Å². The molecular weight excluding hydrogens is 456 g/mol. The number of aromatic nitrogens is 2. The van der Waals surface area contributed by atoms with E-state index >= 15 is 0 Å². The number of nitrogens with one attached hydrogen (secondary N) is 2. The number of anilines is 2. The van der Waals surface area contributed by atoms with Crippen molar-refractivity contribution in [3.05, 3.63) is 64.2 Å². The maximum absolute atomic E-state index is 13.1. The molecule has 33 heavy (non-hydrogen) atoms. The third-order valence-electron chi connectivity index (χ3n) is 5.62. The smallest absolute Gasteiger partial charge is 0.257 e. The fourth-order valence-electron chi connectivity index (χ4n) is 3.92. The highest BCUT2D eigenvalue weighted by atomic mass is 32.1. The third-order valence-corrected chi connectivity index (χ3v) is 7.60. The molecule has 0 aliphatic heterocycles. The number of nitrogens with zero attached hydrogens (tertiary/aromatic N) is 2. The zero-order valence-electron chi connectivity index (χ0n) is 18.2. The lowest BCUT2D eigenvalue weighted by molar-refractivity contribution is -0.117. The Hall–Kier alpha value is -3.30. The summed E-state index contributed by atoms with van der Waals surface area (Å²) < 4.78 is 6.19. The van der Waals surface area contributed by atoms with Crippen molar-refractivity contribution in [3.8, 4) is 5.75 Å². The number of carbonyl (C=O) groups excluding carboxylic acids is 2. The van der Waals surface area contributed by atoms with Crippen molar-refractivity contribution in [2.24, 2.45) is 0 Å². The van der Waals surface area contributed by atoms with Gasteiger partial charge in [-0.05, 0) is 68.1 Å². The second-order valence-electron chi connectivity index (χ2n) is 7.93. The summed E-state index contributed by atoms with van der Waals surface area (Å²) in [4.78, 5) is 35.9. The molecule has 0 fully saturated rings. The minimum Gasteiger partial charge on any atom is -0.497 e. The molecule has 2 N–H and O–H groups in total. The van der Waals surface area contributed by atoms with E-state index in [1.165, 1.54) is 22.7 Å². The quantitative estimate of drug-likeness (QED) is 0.402. The second-order valence-corrected chi connectivity index (χ2v) is 10.0. The van der Waals surface area contributed by atoms with Crippen LogP contribution in [-0.4, -0.2) is 28.9 Å². The standard InChI is InChI=1S/C24H22N4O3S2/c1-13-6-11-17-19(12-13)33-23(25-17)28-22(30)16-4-3-5-18-20(16)26-24(32-18)27-21(29)14-7-9-15(31-2)10-8-14/h6-12,16H,3-5H2,1-2H3,(H,25,28,30)(H,26,27,29). The Balaban J connectivity index is 1.32. The van der Waals surface area contributed by atoms with Crippen LogP contribution >= 0.6 is 22.7 Å². The lowest BCUT2D eigenvalue weighted by atomic mass is 9.90. The summed E-state index contributed by atoms with van der Waals surface area (Å²) in [7, 11) is 1.58. The van der Waals surface area contributed by atoms with Crippen molar-refractivity contribution in [3.63, 3.8) is 0 Å². The van der Waals surface area contributed by atoms with E-state index in [2.05, 4.69) is 26.7 Å². The van der Waals surface area contributed by atoms with Crippen LogP contribution in [-0.2, 0) is 11.2 Å². The maximum atomic E-state index is 13.1. The SMILES string of the molecule is COc1ccc(C(=O)Nc2nc3c(s2)CCCC3C(=O)Nc2nc3ccc(C)cc3s2)cc1. The first-order valence-electron chi connectivity index (χ1n) is 10.6. The van der Waals surface area contributed by atoms with Gasteiger partial charge in [-0.2, -0.15) is 0 Å². The summed E-state index contributed by atoms with van der Waals surface area (Å²) in [6.07, 6.45) is 2.48. The van der Waals surface area contributed by atoms with Gasteiger partial charge in [-0.25, -0.2) is 9.97 Å². The molecule has 0 saturated heterocycles. The second kappa shape index (κ2) is 8.92. The Kier molecular flexibility index (Phi) is 5.82. The van der Waals surface area contributed by atoms with E-state index < -0.39 is 0 Å². The fourth-order valence-corrected chi connectivity index (χ4v) is 5.94. The Bertz CT molecular complexity index is 1340. The lowest BCUT2D eigenvalue weighted by Crippen LogP contribution is -2.24. The number of rotatable bonds is 5. The van der Waals surface area contributed by atoms with Crippen LogP contribution in [0, 0.1) is 6.92 Å². The van der Waals surface area contributed by atoms with Crippen molar-refractivity contribution in [2.75, 3.05) is 17.7 Å². The Morgan fingerprint density at radius 3 is 2.61 bits per heavy atom. The zero-order valence-corrected chi connectivity index (χ0v) is 19.8. The Morgan fingerprint density at radius 2 is 1.82 bits per heavy atom. The summed E-state index contributed by atoms with van der Waals surface area (Å²) in [6, 6.07) is 12.9. The summed E-state index contributed by atoms with van der Waals surface area (Å²) in [5, 5.41) is 6.96. The van der Waals surface area contributed by atoms with Gasteiger partial charge in [0.25, 0.3) is 5.91 Å². The molecule has 1 aliphatic carbocycles. The molecule has 0 bridgehead atoms. The molecule has 4 aromatic rings. The molecule has 9 heteroatoms. The molecule has 0 radical (unpaired) electrons. The largest absolute Gasteiger partial charge is 0.497 e. The minimum atomic E-state index is -0.356. The first-order chi connectivity index (χ1) is 16.0. The van der Waals surface area contributed by atoms with E-state index in [0.29, 0.717) is 21.6 Å². The minimum absolute atomic E-state index is 0.106. The van der Waals surface area contributed by atoms with Crippen LogP contribution < -0.4 is 15.4 Å². The molecule has 5 rings (SSSR count). The molecule has 1 aliphatic rings. The van der Waals surface area contributed by atoms with Crippen LogP contribution in [0.15, 0.2) is 42.5 Å². The number of carbonyl (C=O) groups is 2. The first-order valence-corrected chi connectivity index (χ1v) is 12.3. The van der Waals surface area contributed by atoms with Crippen LogP contribution in [0.5, 0.6) is 5.75 Å². The summed E-state index contributed by atoms with van der Waals surface area (Å²) in [6.45, 7) is 2.04. The monoisotopic (exact) mass is 478 g/mol. The van der Waals surface area contributed by atoms with Gasteiger partial charge in [0.15, 0.2) is 10.3 Å². The van der Waals surface area contributed by atoms with E-state index in [4.69, 9.17) is 4.74 Å². The van der Waals surface area contributed by atoms with Gasteiger partial charge in [-0.1, -0.05) is 17.4 Å². The van der Waals surface area contributed by atoms with Crippen molar-refractivity contribution in [2.45, 2.75) is 32.1 Å². The molecule has 168 valence electrons. The van der Waals surface area contributed by atoms with E-state index in [0.717, 1.165) is 45.6 Å². The van der Waals surface area contributed by atoms with E-state index in [9.17, 15) is 9.59 Å². The molecule has 0 saturated carbocycles. The normalized spacial score (nSPS) is 15.2. The van der Waals surface area contributed by atoms with Crippen LogP contribution in [0.2, 0.25) is 0 Å². The van der Waals surface area contributed by atoms with Gasteiger partial charge in [0.1, 0.15) is 5.75 Å². The van der Waals surface area contributed by atoms with Crippen molar-refractivity contribution < 1.29 is 14.3 Å². The number of fused-ring (bicyclic) bond motifs is 2. The first kappa shape index (κ1) is 21.5. The number of aryl methyl sites for hydroxylation is 2. The van der Waals surface area contributed by atoms with Crippen molar-refractivity contribution in [1.82, 2.24) is 9.97 Å². The molecule has 2 aromatic heterocycles. The van der Waals surface area contributed by atoms with Gasteiger partial charge < -0.3 is 10.1 Å². The molecular formula is C24H22N4O3S2. The highest BCUT2D eigenvalue weighted by Crippen LogP contribution is 2.38. The lowest BCUT2D eigenvalue weighted by Gasteiger charge is -2.19. The third kappa shape index (κ3) is 4.46. The number of methoxy groups -OCH3 is 1. The van der Waals surface area contributed by atoms with Crippen LogP contribution in [0.4, 0.5) is 10.3 Å². The molecule has 7 nitrogen and oxygen atoms in total. The van der Waals surface area contributed by atoms with Gasteiger partial charge >= 0.3 is 0 Å². The average Bonchev–Trinajstić information content (AvgIpc) is 3.41. The molecule has 2 heterocycles. The van der Waals surface area contributed by atoms with E-state index in [-0.39, 0.29) is 17.7 Å². The predicted octanol–water partition coefficient (Wildman–Crippen LogP) is 5.38. The summed E-state index contributed by atoms with van der Waals surface area (Å²) in [5.41, 5.74) is 3.31. The number of ether oxygens (including phenoxy) is 1. The van der Waals surface area contributed by atoms with Gasteiger partial charge in [-0.15, -0.1) is 11.3 Å². The summed E-state index contributed by atoms with van der Waals surface area (Å²) in [5.74, 6) is -0.0154.